The molecule has 4 aliphatic heterocycles. The molecular formula is C66H46B2N4OS. The summed E-state index contributed by atoms with van der Waals surface area (Å²) in [6.07, 6.45) is 4.82. The number of hydrogen-bond donors (Lipinski definition) is 0. The third-order valence-corrected chi connectivity index (χ3v) is 16.6. The monoisotopic (exact) mass is 964 g/mol. The molecule has 0 fully saturated rings. The number of fused-ring (bicyclic) bond motifs is 8. The van der Waals surface area contributed by atoms with Crippen molar-refractivity contribution in [1.29, 1.82) is 0 Å². The van der Waals surface area contributed by atoms with Crippen molar-refractivity contribution in [2.24, 2.45) is 0 Å². The number of nitrogens with zero attached hydrogens (tertiary/aromatic N) is 4. The van der Waals surface area contributed by atoms with E-state index in [-0.39, 0.29) is 25.3 Å². The van der Waals surface area contributed by atoms with Gasteiger partial charge in [-0.3, -0.25) is 0 Å². The summed E-state index contributed by atoms with van der Waals surface area (Å²) < 4.78 is 7.54. The van der Waals surface area contributed by atoms with E-state index in [0.29, 0.717) is 0 Å². The SMILES string of the molecule is C1=C2Oc3cc4c(cc3B3c5ccccc5N(c5ccccc5)C(C=C1N(c1ccccc1)c1ccccc1)C32)B1c2ccccc2N(c2ccccc2)c2cc(N(c3ccccc3)c3ccccc3)cc(c21)S4. The zero-order valence-electron chi connectivity index (χ0n) is 40.3. The maximum absolute atomic E-state index is 7.54. The quantitative estimate of drug-likeness (QED) is 0.141. The van der Waals surface area contributed by atoms with Crippen LogP contribution in [0, 0.1) is 0 Å². The van der Waals surface area contributed by atoms with E-state index in [4.69, 9.17) is 4.74 Å². The van der Waals surface area contributed by atoms with Crippen molar-refractivity contribution in [3.05, 3.63) is 278 Å². The average molecular weight is 965 g/mol. The van der Waals surface area contributed by atoms with Crippen molar-refractivity contribution in [1.82, 2.24) is 0 Å². The highest BCUT2D eigenvalue weighted by atomic mass is 32.2. The Labute approximate surface area is 437 Å². The second kappa shape index (κ2) is 17.4. The Morgan fingerprint density at radius 2 is 0.946 bits per heavy atom. The first-order chi connectivity index (χ1) is 36.7. The van der Waals surface area contributed by atoms with Crippen LogP contribution in [0.2, 0.25) is 5.82 Å². The van der Waals surface area contributed by atoms with E-state index in [9.17, 15) is 0 Å². The largest absolute Gasteiger partial charge is 0.462 e. The van der Waals surface area contributed by atoms with Gasteiger partial charge in [-0.15, -0.1) is 0 Å². The van der Waals surface area contributed by atoms with Crippen LogP contribution in [-0.2, 0) is 0 Å². The molecule has 0 N–H and O–H groups in total. The molecule has 2 atom stereocenters. The van der Waals surface area contributed by atoms with Crippen LogP contribution in [-0.4, -0.2) is 19.5 Å². The zero-order valence-corrected chi connectivity index (χ0v) is 41.1. The van der Waals surface area contributed by atoms with Gasteiger partial charge in [0.05, 0.1) is 6.04 Å². The Morgan fingerprint density at radius 3 is 1.57 bits per heavy atom. The minimum atomic E-state index is -0.0708. The lowest BCUT2D eigenvalue weighted by atomic mass is 9.28. The van der Waals surface area contributed by atoms with Gasteiger partial charge < -0.3 is 24.3 Å². The highest BCUT2D eigenvalue weighted by molar-refractivity contribution is 8.00. The van der Waals surface area contributed by atoms with Crippen molar-refractivity contribution >= 4 is 109 Å². The van der Waals surface area contributed by atoms with Gasteiger partial charge in [-0.1, -0.05) is 169 Å². The molecule has 8 heteroatoms. The molecule has 5 nitrogen and oxygen atoms in total. The van der Waals surface area contributed by atoms with Crippen molar-refractivity contribution in [3.63, 3.8) is 0 Å². The van der Waals surface area contributed by atoms with Crippen LogP contribution in [0.4, 0.5) is 56.9 Å². The molecule has 0 amide bonds. The molecule has 348 valence electrons. The first-order valence-corrected chi connectivity index (χ1v) is 26.4. The van der Waals surface area contributed by atoms with Gasteiger partial charge in [-0.25, -0.2) is 0 Å². The van der Waals surface area contributed by atoms with E-state index in [1.807, 2.05) is 11.8 Å². The molecule has 5 aliphatic rings. The fourth-order valence-corrected chi connectivity index (χ4v) is 13.7. The van der Waals surface area contributed by atoms with Gasteiger partial charge in [-0.2, -0.15) is 0 Å². The van der Waals surface area contributed by atoms with Crippen LogP contribution in [0.1, 0.15) is 0 Å². The number of anilines is 10. The van der Waals surface area contributed by atoms with Gasteiger partial charge in [0.25, 0.3) is 0 Å². The number of ether oxygens (including phenoxy) is 1. The Kier molecular flexibility index (Phi) is 10.1. The predicted molar refractivity (Wildman–Crippen MR) is 310 cm³/mol. The van der Waals surface area contributed by atoms with E-state index in [2.05, 4.69) is 287 Å². The lowest BCUT2D eigenvalue weighted by Gasteiger charge is -2.50. The summed E-state index contributed by atoms with van der Waals surface area (Å²) in [5, 5.41) is 0. The first-order valence-electron chi connectivity index (χ1n) is 25.6. The normalized spacial score (nSPS) is 16.2. The predicted octanol–water partition coefficient (Wildman–Crippen LogP) is 13.4. The number of benzene rings is 10. The summed E-state index contributed by atoms with van der Waals surface area (Å²) in [7, 11) is 0. The lowest BCUT2D eigenvalue weighted by Crippen LogP contribution is -2.64. The van der Waals surface area contributed by atoms with Crippen molar-refractivity contribution in [2.75, 3.05) is 19.6 Å². The molecule has 0 spiro atoms. The van der Waals surface area contributed by atoms with Gasteiger partial charge in [-0.05, 0) is 137 Å². The van der Waals surface area contributed by atoms with Gasteiger partial charge in [0.2, 0.25) is 13.4 Å². The first kappa shape index (κ1) is 42.8. The van der Waals surface area contributed by atoms with Crippen LogP contribution in [0.5, 0.6) is 5.75 Å². The summed E-state index contributed by atoms with van der Waals surface area (Å²) >= 11 is 1.87. The fraction of sp³-hybridized carbons (Fsp3) is 0.0303. The maximum atomic E-state index is 7.54. The van der Waals surface area contributed by atoms with E-state index in [0.717, 1.165) is 57.0 Å². The molecule has 10 aromatic carbocycles. The minimum Gasteiger partial charge on any atom is -0.462 e. The van der Waals surface area contributed by atoms with Gasteiger partial charge in [0.15, 0.2) is 0 Å². The third kappa shape index (κ3) is 6.82. The van der Waals surface area contributed by atoms with Crippen LogP contribution < -0.4 is 51.7 Å². The molecule has 10 aromatic rings. The molecule has 1 aliphatic carbocycles. The molecule has 74 heavy (non-hydrogen) atoms. The van der Waals surface area contributed by atoms with Gasteiger partial charge in [0, 0.05) is 78.2 Å². The number of hydrogen-bond acceptors (Lipinski definition) is 6. The van der Waals surface area contributed by atoms with E-state index in [1.54, 1.807) is 0 Å². The van der Waals surface area contributed by atoms with Gasteiger partial charge in [0.1, 0.15) is 11.5 Å². The average Bonchev–Trinajstić information content (AvgIpc) is 3.52. The Hall–Kier alpha value is -8.84. The number of allylic oxidation sites excluding steroid dienone is 1. The molecule has 0 aromatic heterocycles. The molecule has 0 radical (unpaired) electrons. The molecule has 15 rings (SSSR count). The summed E-state index contributed by atoms with van der Waals surface area (Å²) in [6, 6.07) is 92.7. The van der Waals surface area contributed by atoms with Crippen LogP contribution in [0.25, 0.3) is 0 Å². The van der Waals surface area contributed by atoms with Gasteiger partial charge >= 0.3 is 0 Å². The van der Waals surface area contributed by atoms with E-state index >= 15 is 0 Å². The van der Waals surface area contributed by atoms with Crippen molar-refractivity contribution in [3.8, 4) is 5.75 Å². The van der Waals surface area contributed by atoms with Crippen molar-refractivity contribution < 1.29 is 4.74 Å². The lowest BCUT2D eigenvalue weighted by molar-refractivity contribution is 0.385. The second-order valence-corrected chi connectivity index (χ2v) is 20.7. The Morgan fingerprint density at radius 1 is 0.419 bits per heavy atom. The standard InChI is InChI=1S/C66H46B2N4OS/c1-7-23-45(24-8-1)69(46-25-9-2-10-26-46)51-39-59-65-62(41-51)73-61-44-63-56(43-55(61)67(65)53-35-19-21-37-57(53)71(59)49-31-15-5-16-32-49)68-54-36-20-22-38-58(54)72(50-33-17-6-18-34-50)60-40-52(42-64(74-63)66(60)68)70(47-27-11-3-12-28-47)48-29-13-4-14-30-48/h1-44,59,65H. The molecule has 0 saturated heterocycles. The molecule has 4 heterocycles. The number of rotatable bonds is 8. The van der Waals surface area contributed by atoms with Crippen LogP contribution in [0.15, 0.2) is 288 Å². The summed E-state index contributed by atoms with van der Waals surface area (Å²) in [5.41, 5.74) is 18.9. The van der Waals surface area contributed by atoms with Crippen LogP contribution >= 0.6 is 11.8 Å². The minimum absolute atomic E-state index is 0.0105. The zero-order chi connectivity index (χ0) is 48.7. The third-order valence-electron chi connectivity index (χ3n) is 15.5. The highest BCUT2D eigenvalue weighted by Gasteiger charge is 2.53. The Bertz CT molecular complexity index is 3770. The van der Waals surface area contributed by atoms with E-state index in [1.165, 1.54) is 54.2 Å². The maximum Gasteiger partial charge on any atom is 0.249 e. The molecular weight excluding hydrogens is 918 g/mol. The number of para-hydroxylation sites is 8. The topological polar surface area (TPSA) is 22.2 Å². The molecule has 2 unspecified atom stereocenters. The summed E-state index contributed by atoms with van der Waals surface area (Å²) in [5.74, 6) is 1.89. The summed E-state index contributed by atoms with van der Waals surface area (Å²) in [4.78, 5) is 12.3. The highest BCUT2D eigenvalue weighted by Crippen LogP contribution is 2.51. The molecule has 0 saturated carbocycles. The Balaban J connectivity index is 0.957. The van der Waals surface area contributed by atoms with Crippen LogP contribution in [0.3, 0.4) is 0 Å². The fourth-order valence-electron chi connectivity index (χ4n) is 12.5. The van der Waals surface area contributed by atoms with Crippen molar-refractivity contribution in [2.45, 2.75) is 21.7 Å². The smallest absolute Gasteiger partial charge is 0.249 e. The van der Waals surface area contributed by atoms with E-state index < -0.39 is 0 Å². The summed E-state index contributed by atoms with van der Waals surface area (Å²) in [6.45, 7) is -0.00133. The second-order valence-electron chi connectivity index (χ2n) is 19.6. The molecule has 0 bridgehead atoms.